The third-order valence-corrected chi connectivity index (χ3v) is 5.54. The largest absolute Gasteiger partial charge is 0.324 e. The van der Waals surface area contributed by atoms with Crippen LogP contribution in [0.3, 0.4) is 0 Å². The monoisotopic (exact) mass is 390 g/mol. The van der Waals surface area contributed by atoms with Crippen molar-refractivity contribution in [1.29, 1.82) is 0 Å². The Bertz CT molecular complexity index is 1070. The molecule has 2 heterocycles. The van der Waals surface area contributed by atoms with Crippen LogP contribution >= 0.6 is 0 Å². The topological polar surface area (TPSA) is 67.2 Å². The standard InChI is InChI=1S/C23H26N4O2/c1-17(27-16-24-21-11-4-3-10-20(21)23(27)29)22(28)25-19-9-7-8-18(14-19)15-26-12-5-2-6-13-26/h3-4,7-11,14,16-17H,2,5-6,12-13,15H2,1H3,(H,25,28). The van der Waals surface area contributed by atoms with Crippen LogP contribution in [0.15, 0.2) is 59.7 Å². The summed E-state index contributed by atoms with van der Waals surface area (Å²) in [5.74, 6) is -0.237. The van der Waals surface area contributed by atoms with Crippen molar-refractivity contribution < 1.29 is 4.79 Å². The smallest absolute Gasteiger partial charge is 0.261 e. The predicted molar refractivity (Wildman–Crippen MR) is 115 cm³/mol. The number of piperidine rings is 1. The summed E-state index contributed by atoms with van der Waals surface area (Å²) in [7, 11) is 0. The highest BCUT2D eigenvalue weighted by molar-refractivity contribution is 5.93. The van der Waals surface area contributed by atoms with Crippen molar-refractivity contribution in [2.24, 2.45) is 0 Å². The molecule has 150 valence electrons. The molecule has 1 aliphatic rings. The quantitative estimate of drug-likeness (QED) is 0.723. The number of benzene rings is 2. The molecule has 0 saturated carbocycles. The number of anilines is 1. The maximum Gasteiger partial charge on any atom is 0.261 e. The van der Waals surface area contributed by atoms with Gasteiger partial charge in [-0.25, -0.2) is 4.98 Å². The third kappa shape index (κ3) is 4.38. The first-order valence-corrected chi connectivity index (χ1v) is 10.2. The van der Waals surface area contributed by atoms with E-state index in [-0.39, 0.29) is 11.5 Å². The average Bonchev–Trinajstić information content (AvgIpc) is 2.75. The molecule has 3 aromatic rings. The van der Waals surface area contributed by atoms with Gasteiger partial charge in [-0.1, -0.05) is 30.7 Å². The van der Waals surface area contributed by atoms with Gasteiger partial charge in [0.2, 0.25) is 5.91 Å². The van der Waals surface area contributed by atoms with Gasteiger partial charge >= 0.3 is 0 Å². The van der Waals surface area contributed by atoms with Gasteiger partial charge in [0.1, 0.15) is 6.04 Å². The second-order valence-corrected chi connectivity index (χ2v) is 7.68. The molecule has 1 fully saturated rings. The fourth-order valence-corrected chi connectivity index (χ4v) is 3.86. The summed E-state index contributed by atoms with van der Waals surface area (Å²) in [5.41, 5.74) is 2.35. The van der Waals surface area contributed by atoms with Crippen LogP contribution in [0.4, 0.5) is 5.69 Å². The SMILES string of the molecule is CC(C(=O)Nc1cccc(CN2CCCCC2)c1)n1cnc2ccccc2c1=O. The number of likely N-dealkylation sites (tertiary alicyclic amines) is 1. The molecule has 4 rings (SSSR count). The van der Waals surface area contributed by atoms with Crippen molar-refractivity contribution in [3.63, 3.8) is 0 Å². The first kappa shape index (κ1) is 19.3. The third-order valence-electron chi connectivity index (χ3n) is 5.54. The number of nitrogens with zero attached hydrogens (tertiary/aromatic N) is 3. The molecule has 0 radical (unpaired) electrons. The minimum atomic E-state index is -0.662. The Balaban J connectivity index is 1.48. The fraction of sp³-hybridized carbons (Fsp3) is 0.348. The maximum absolute atomic E-state index is 12.8. The molecule has 2 aromatic carbocycles. The van der Waals surface area contributed by atoms with Crippen LogP contribution in [0.1, 0.15) is 37.8 Å². The van der Waals surface area contributed by atoms with Crippen molar-refractivity contribution in [3.05, 3.63) is 70.8 Å². The lowest BCUT2D eigenvalue weighted by Crippen LogP contribution is -2.32. The number of nitrogens with one attached hydrogen (secondary N) is 1. The van der Waals surface area contributed by atoms with Crippen molar-refractivity contribution in [1.82, 2.24) is 14.5 Å². The molecular formula is C23H26N4O2. The zero-order chi connectivity index (χ0) is 20.2. The van der Waals surface area contributed by atoms with Gasteiger partial charge in [-0.05, 0) is 62.7 Å². The Morgan fingerprint density at radius 1 is 1.10 bits per heavy atom. The van der Waals surface area contributed by atoms with Crippen LogP contribution in [0.5, 0.6) is 0 Å². The predicted octanol–water partition coefficient (Wildman–Crippen LogP) is 3.58. The summed E-state index contributed by atoms with van der Waals surface area (Å²) >= 11 is 0. The number of hydrogen-bond donors (Lipinski definition) is 1. The molecule has 1 atom stereocenters. The van der Waals surface area contributed by atoms with E-state index in [0.717, 1.165) is 25.3 Å². The number of hydrogen-bond acceptors (Lipinski definition) is 4. The molecule has 1 unspecified atom stereocenters. The van der Waals surface area contributed by atoms with E-state index in [1.165, 1.54) is 35.7 Å². The van der Waals surface area contributed by atoms with Gasteiger partial charge < -0.3 is 5.32 Å². The molecule has 0 spiro atoms. The Morgan fingerprint density at radius 2 is 1.90 bits per heavy atom. The second-order valence-electron chi connectivity index (χ2n) is 7.68. The lowest BCUT2D eigenvalue weighted by atomic mass is 10.1. The summed E-state index contributed by atoms with van der Waals surface area (Å²) in [4.78, 5) is 32.3. The van der Waals surface area contributed by atoms with E-state index >= 15 is 0 Å². The Labute approximate surface area is 170 Å². The molecule has 6 heteroatoms. The van der Waals surface area contributed by atoms with E-state index in [1.54, 1.807) is 25.1 Å². The molecule has 1 aromatic heterocycles. The minimum Gasteiger partial charge on any atom is -0.324 e. The highest BCUT2D eigenvalue weighted by Crippen LogP contribution is 2.17. The molecule has 29 heavy (non-hydrogen) atoms. The van der Waals surface area contributed by atoms with E-state index in [9.17, 15) is 9.59 Å². The number of fused-ring (bicyclic) bond motifs is 1. The summed E-state index contributed by atoms with van der Waals surface area (Å²) in [6.07, 6.45) is 5.26. The molecule has 1 saturated heterocycles. The number of aromatic nitrogens is 2. The maximum atomic E-state index is 12.8. The molecule has 1 N–H and O–H groups in total. The van der Waals surface area contributed by atoms with Crippen molar-refractivity contribution in [3.8, 4) is 0 Å². The van der Waals surface area contributed by atoms with E-state index in [2.05, 4.69) is 21.3 Å². The average molecular weight is 390 g/mol. The zero-order valence-corrected chi connectivity index (χ0v) is 16.7. The van der Waals surface area contributed by atoms with E-state index < -0.39 is 6.04 Å². The van der Waals surface area contributed by atoms with Gasteiger partial charge in [-0.3, -0.25) is 19.1 Å². The lowest BCUT2D eigenvalue weighted by molar-refractivity contribution is -0.118. The van der Waals surface area contributed by atoms with Crippen LogP contribution in [-0.4, -0.2) is 33.4 Å². The lowest BCUT2D eigenvalue weighted by Gasteiger charge is -2.26. The van der Waals surface area contributed by atoms with Gasteiger partial charge in [0.25, 0.3) is 5.56 Å². The van der Waals surface area contributed by atoms with E-state index in [0.29, 0.717) is 10.9 Å². The first-order chi connectivity index (χ1) is 14.1. The van der Waals surface area contributed by atoms with Crippen molar-refractivity contribution in [2.75, 3.05) is 18.4 Å². The van der Waals surface area contributed by atoms with E-state index in [1.807, 2.05) is 24.3 Å². The van der Waals surface area contributed by atoms with Crippen LogP contribution in [-0.2, 0) is 11.3 Å². The van der Waals surface area contributed by atoms with Crippen LogP contribution in [0.25, 0.3) is 10.9 Å². The molecular weight excluding hydrogens is 364 g/mol. The number of para-hydroxylation sites is 1. The normalized spacial score (nSPS) is 15.9. The number of rotatable bonds is 5. The zero-order valence-electron chi connectivity index (χ0n) is 16.7. The number of carbonyl (C=O) groups is 1. The molecule has 1 aliphatic heterocycles. The molecule has 0 aliphatic carbocycles. The highest BCUT2D eigenvalue weighted by atomic mass is 16.2. The highest BCUT2D eigenvalue weighted by Gasteiger charge is 2.18. The van der Waals surface area contributed by atoms with Gasteiger partial charge in [-0.15, -0.1) is 0 Å². The van der Waals surface area contributed by atoms with Gasteiger partial charge in [0.05, 0.1) is 17.2 Å². The van der Waals surface area contributed by atoms with Crippen molar-refractivity contribution >= 4 is 22.5 Å². The number of amides is 1. The van der Waals surface area contributed by atoms with Crippen molar-refractivity contribution in [2.45, 2.75) is 38.8 Å². The summed E-state index contributed by atoms with van der Waals surface area (Å²) in [5, 5.41) is 3.46. The van der Waals surface area contributed by atoms with Crippen LogP contribution in [0, 0.1) is 0 Å². The molecule has 1 amide bonds. The van der Waals surface area contributed by atoms with Gasteiger partial charge in [-0.2, -0.15) is 0 Å². The minimum absolute atomic E-state index is 0.211. The fourth-order valence-electron chi connectivity index (χ4n) is 3.86. The second kappa shape index (κ2) is 8.57. The number of carbonyl (C=O) groups excluding carboxylic acids is 1. The Hall–Kier alpha value is -2.99. The Morgan fingerprint density at radius 3 is 2.72 bits per heavy atom. The van der Waals surface area contributed by atoms with Crippen LogP contribution < -0.4 is 10.9 Å². The van der Waals surface area contributed by atoms with Crippen LogP contribution in [0.2, 0.25) is 0 Å². The Kier molecular flexibility index (Phi) is 5.71. The molecule has 0 bridgehead atoms. The summed E-state index contributed by atoms with van der Waals surface area (Å²) in [6.45, 7) is 4.87. The molecule has 6 nitrogen and oxygen atoms in total. The summed E-state index contributed by atoms with van der Waals surface area (Å²) < 4.78 is 1.38. The van der Waals surface area contributed by atoms with Gasteiger partial charge in [0.15, 0.2) is 0 Å². The van der Waals surface area contributed by atoms with E-state index in [4.69, 9.17) is 0 Å². The van der Waals surface area contributed by atoms with Gasteiger partial charge in [0, 0.05) is 12.2 Å². The summed E-state index contributed by atoms with van der Waals surface area (Å²) in [6, 6.07) is 14.4. The first-order valence-electron chi connectivity index (χ1n) is 10.2.